The van der Waals surface area contributed by atoms with Gasteiger partial charge in [0.1, 0.15) is 0 Å². The quantitative estimate of drug-likeness (QED) is 0.524. The number of alkyl halides is 3. The van der Waals surface area contributed by atoms with Gasteiger partial charge in [-0.3, -0.25) is 10.1 Å². The molecule has 0 unspecified atom stereocenters. The zero-order valence-corrected chi connectivity index (χ0v) is 18.6. The van der Waals surface area contributed by atoms with Crippen LogP contribution in [0.1, 0.15) is 31.9 Å². The van der Waals surface area contributed by atoms with E-state index in [9.17, 15) is 26.4 Å². The molecule has 5 nitrogen and oxygen atoms in total. The van der Waals surface area contributed by atoms with Crippen LogP contribution in [-0.2, 0) is 22.4 Å². The van der Waals surface area contributed by atoms with Gasteiger partial charge in [-0.2, -0.15) is 13.2 Å². The molecule has 0 saturated heterocycles. The summed E-state index contributed by atoms with van der Waals surface area (Å²) in [5.74, 6) is -0.541. The highest BCUT2D eigenvalue weighted by Crippen LogP contribution is 2.33. The first-order valence-electron chi connectivity index (χ1n) is 8.77. The van der Waals surface area contributed by atoms with Crippen LogP contribution in [0.5, 0.6) is 0 Å². The molecule has 0 radical (unpaired) electrons. The SMILES string of the molecule is Cc1ccc(S(C)(=O)=O)cc1C(=O)Nc1ncc(Cc2cc(C(F)(F)F)ccc2Cl)s1. The molecule has 11 heteroatoms. The summed E-state index contributed by atoms with van der Waals surface area (Å²) in [4.78, 5) is 17.3. The molecule has 0 spiro atoms. The number of amides is 1. The average Bonchev–Trinajstić information content (AvgIpc) is 3.08. The molecule has 3 rings (SSSR count). The largest absolute Gasteiger partial charge is 0.416 e. The maximum Gasteiger partial charge on any atom is 0.416 e. The third kappa shape index (κ3) is 5.63. The number of aryl methyl sites for hydroxylation is 1. The van der Waals surface area contributed by atoms with Crippen LogP contribution in [0.15, 0.2) is 47.5 Å². The molecule has 164 valence electrons. The number of nitrogens with one attached hydrogen (secondary N) is 1. The highest BCUT2D eigenvalue weighted by molar-refractivity contribution is 7.90. The second-order valence-corrected chi connectivity index (χ2v) is 10.4. The summed E-state index contributed by atoms with van der Waals surface area (Å²) >= 11 is 7.12. The zero-order chi connectivity index (χ0) is 23.0. The van der Waals surface area contributed by atoms with Crippen LogP contribution >= 0.6 is 22.9 Å². The molecule has 3 aromatic rings. The third-order valence-corrected chi connectivity index (χ3v) is 6.79. The number of benzene rings is 2. The smallest absolute Gasteiger partial charge is 0.298 e. The van der Waals surface area contributed by atoms with Crippen molar-refractivity contribution < 1.29 is 26.4 Å². The van der Waals surface area contributed by atoms with Crippen molar-refractivity contribution in [1.82, 2.24) is 4.98 Å². The van der Waals surface area contributed by atoms with Gasteiger partial charge < -0.3 is 0 Å². The van der Waals surface area contributed by atoms with Crippen LogP contribution < -0.4 is 5.32 Å². The molecule has 0 aliphatic rings. The molecule has 0 bridgehead atoms. The number of carbonyl (C=O) groups is 1. The first kappa shape index (κ1) is 23.2. The summed E-state index contributed by atoms with van der Waals surface area (Å²) in [5.41, 5.74) is 0.249. The number of nitrogens with zero attached hydrogens (tertiary/aromatic N) is 1. The molecule has 31 heavy (non-hydrogen) atoms. The average molecular weight is 489 g/mol. The summed E-state index contributed by atoms with van der Waals surface area (Å²) < 4.78 is 62.3. The molecule has 0 fully saturated rings. The Hall–Kier alpha value is -2.43. The molecule has 1 aromatic heterocycles. The number of carbonyl (C=O) groups excluding carboxylic acids is 1. The lowest BCUT2D eigenvalue weighted by Crippen LogP contribution is -2.14. The maximum absolute atomic E-state index is 12.9. The van der Waals surface area contributed by atoms with Crippen molar-refractivity contribution in [3.8, 4) is 0 Å². The van der Waals surface area contributed by atoms with E-state index in [1.54, 1.807) is 6.92 Å². The summed E-state index contributed by atoms with van der Waals surface area (Å²) in [6, 6.07) is 7.34. The van der Waals surface area contributed by atoms with Gasteiger partial charge in [-0.1, -0.05) is 17.7 Å². The van der Waals surface area contributed by atoms with E-state index in [2.05, 4.69) is 10.3 Å². The third-order valence-electron chi connectivity index (χ3n) is 4.39. The highest BCUT2D eigenvalue weighted by Gasteiger charge is 2.31. The molecule has 0 atom stereocenters. The van der Waals surface area contributed by atoms with Gasteiger partial charge in [0, 0.05) is 34.3 Å². The molecule has 0 aliphatic carbocycles. The first-order valence-corrected chi connectivity index (χ1v) is 11.9. The molecule has 0 aliphatic heterocycles. The summed E-state index contributed by atoms with van der Waals surface area (Å²) in [5, 5.41) is 3.02. The van der Waals surface area contributed by atoms with Crippen LogP contribution in [0.4, 0.5) is 18.3 Å². The fourth-order valence-corrected chi connectivity index (χ4v) is 4.42. The van der Waals surface area contributed by atoms with Gasteiger partial charge in [0.15, 0.2) is 15.0 Å². The predicted octanol–water partition coefficient (Wildman–Crippen LogP) is 5.37. The molecule has 0 saturated carbocycles. The first-order chi connectivity index (χ1) is 14.3. The number of anilines is 1. The monoisotopic (exact) mass is 488 g/mol. The molecule has 1 amide bonds. The van der Waals surface area contributed by atoms with Gasteiger partial charge in [-0.05, 0) is 48.4 Å². The number of halogens is 4. The summed E-state index contributed by atoms with van der Waals surface area (Å²) in [6.45, 7) is 1.67. The lowest BCUT2D eigenvalue weighted by atomic mass is 10.1. The van der Waals surface area contributed by atoms with Gasteiger partial charge in [0.05, 0.1) is 10.5 Å². The number of hydrogen-bond donors (Lipinski definition) is 1. The van der Waals surface area contributed by atoms with Gasteiger partial charge in [0.2, 0.25) is 0 Å². The molecular weight excluding hydrogens is 473 g/mol. The standard InChI is InChI=1S/C20H16ClF3N2O3S2/c1-11-3-5-15(31(2,28)29)9-16(11)18(27)26-19-25-10-14(30-19)8-12-7-13(20(22,23)24)4-6-17(12)21/h3-7,9-10H,8H2,1-2H3,(H,25,26,27). The van der Waals surface area contributed by atoms with Gasteiger partial charge in [-0.25, -0.2) is 13.4 Å². The van der Waals surface area contributed by atoms with Crippen molar-refractivity contribution in [3.05, 3.63) is 74.7 Å². The Balaban J connectivity index is 1.79. The minimum absolute atomic E-state index is 0.0160. The Morgan fingerprint density at radius 1 is 1.19 bits per heavy atom. The molecule has 1 heterocycles. The van der Waals surface area contributed by atoms with Crippen molar-refractivity contribution >= 4 is 43.8 Å². The summed E-state index contributed by atoms with van der Waals surface area (Å²) in [7, 11) is -3.48. The predicted molar refractivity (Wildman–Crippen MR) is 114 cm³/mol. The molecular formula is C20H16ClF3N2O3S2. The number of thiazole rings is 1. The van der Waals surface area contributed by atoms with Crippen LogP contribution in [-0.4, -0.2) is 25.6 Å². The second kappa shape index (κ2) is 8.60. The van der Waals surface area contributed by atoms with Crippen molar-refractivity contribution in [2.24, 2.45) is 0 Å². The minimum Gasteiger partial charge on any atom is -0.298 e. The van der Waals surface area contributed by atoms with Crippen molar-refractivity contribution in [2.75, 3.05) is 11.6 Å². The summed E-state index contributed by atoms with van der Waals surface area (Å²) in [6.07, 6.45) is -1.88. The van der Waals surface area contributed by atoms with Crippen molar-refractivity contribution in [2.45, 2.75) is 24.4 Å². The number of hydrogen-bond acceptors (Lipinski definition) is 5. The van der Waals surface area contributed by atoms with Crippen molar-refractivity contribution in [1.29, 1.82) is 0 Å². The maximum atomic E-state index is 12.9. The van der Waals surface area contributed by atoms with E-state index in [-0.39, 0.29) is 32.6 Å². The fourth-order valence-electron chi connectivity index (χ4n) is 2.76. The topological polar surface area (TPSA) is 76.1 Å². The normalized spacial score (nSPS) is 12.1. The zero-order valence-electron chi connectivity index (χ0n) is 16.2. The van der Waals surface area contributed by atoms with Crippen LogP contribution in [0.2, 0.25) is 5.02 Å². The Bertz CT molecular complexity index is 1250. The van der Waals surface area contributed by atoms with Crippen molar-refractivity contribution in [3.63, 3.8) is 0 Å². The Morgan fingerprint density at radius 3 is 2.55 bits per heavy atom. The van der Waals surface area contributed by atoms with E-state index in [1.807, 2.05) is 0 Å². The lowest BCUT2D eigenvalue weighted by molar-refractivity contribution is -0.137. The second-order valence-electron chi connectivity index (χ2n) is 6.82. The van der Waals surface area contributed by atoms with E-state index in [0.29, 0.717) is 10.4 Å². The molecule has 2 aromatic carbocycles. The Labute approximate surface area is 185 Å². The highest BCUT2D eigenvalue weighted by atomic mass is 35.5. The van der Waals surface area contributed by atoms with E-state index in [1.165, 1.54) is 30.5 Å². The van der Waals surface area contributed by atoms with E-state index in [4.69, 9.17) is 11.6 Å². The van der Waals surface area contributed by atoms with Gasteiger partial charge in [0.25, 0.3) is 5.91 Å². The van der Waals surface area contributed by atoms with Crippen LogP contribution in [0.3, 0.4) is 0 Å². The minimum atomic E-state index is -4.48. The fraction of sp³-hybridized carbons (Fsp3) is 0.200. The van der Waals surface area contributed by atoms with E-state index < -0.39 is 27.5 Å². The van der Waals surface area contributed by atoms with Crippen LogP contribution in [0.25, 0.3) is 0 Å². The van der Waals surface area contributed by atoms with E-state index >= 15 is 0 Å². The van der Waals surface area contributed by atoms with Crippen LogP contribution in [0, 0.1) is 6.92 Å². The number of aromatic nitrogens is 1. The lowest BCUT2D eigenvalue weighted by Gasteiger charge is -2.09. The number of sulfone groups is 1. The van der Waals surface area contributed by atoms with Gasteiger partial charge in [-0.15, -0.1) is 11.3 Å². The molecule has 1 N–H and O–H groups in total. The Morgan fingerprint density at radius 2 is 1.90 bits per heavy atom. The van der Waals surface area contributed by atoms with E-state index in [0.717, 1.165) is 29.7 Å². The number of rotatable bonds is 5. The Kier molecular flexibility index (Phi) is 6.45. The van der Waals surface area contributed by atoms with Gasteiger partial charge >= 0.3 is 6.18 Å².